The van der Waals surface area contributed by atoms with Crippen molar-refractivity contribution in [1.29, 1.82) is 0 Å². The third-order valence-corrected chi connectivity index (χ3v) is 5.33. The molecule has 5 nitrogen and oxygen atoms in total. The predicted octanol–water partition coefficient (Wildman–Crippen LogP) is 5.12. The fourth-order valence-electron chi connectivity index (χ4n) is 3.69. The Hall–Kier alpha value is -3.86. The van der Waals surface area contributed by atoms with E-state index in [1.807, 2.05) is 48.5 Å². The van der Waals surface area contributed by atoms with E-state index in [0.29, 0.717) is 17.9 Å². The maximum Gasteiger partial charge on any atom is 0.251 e. The number of para-hydroxylation sites is 2. The van der Waals surface area contributed by atoms with Gasteiger partial charge in [0.05, 0.1) is 18.1 Å². The molecular formula is C27H27N3O2. The number of imidazole rings is 1. The minimum Gasteiger partial charge on any atom is -0.497 e. The largest absolute Gasteiger partial charge is 0.497 e. The lowest BCUT2D eigenvalue weighted by Gasteiger charge is -2.08. The first-order valence-corrected chi connectivity index (χ1v) is 10.8. The van der Waals surface area contributed by atoms with Gasteiger partial charge in [-0.2, -0.15) is 0 Å². The summed E-state index contributed by atoms with van der Waals surface area (Å²) in [6.07, 6.45) is 5.89. The van der Waals surface area contributed by atoms with Crippen molar-refractivity contribution < 1.29 is 9.53 Å². The van der Waals surface area contributed by atoms with E-state index >= 15 is 0 Å². The van der Waals surface area contributed by atoms with Crippen LogP contribution in [0.2, 0.25) is 0 Å². The first-order valence-electron chi connectivity index (χ1n) is 10.8. The van der Waals surface area contributed by atoms with Crippen molar-refractivity contribution >= 4 is 23.0 Å². The predicted molar refractivity (Wildman–Crippen MR) is 129 cm³/mol. The molecule has 0 saturated carbocycles. The van der Waals surface area contributed by atoms with Gasteiger partial charge in [0.2, 0.25) is 0 Å². The molecule has 0 atom stereocenters. The summed E-state index contributed by atoms with van der Waals surface area (Å²) in [5.74, 6) is 1.61. The van der Waals surface area contributed by atoms with Gasteiger partial charge in [0, 0.05) is 25.1 Å². The molecule has 0 unspecified atom stereocenters. The second-order valence-corrected chi connectivity index (χ2v) is 7.53. The summed E-state index contributed by atoms with van der Waals surface area (Å²) in [4.78, 5) is 17.2. The number of ether oxygens (including phenoxy) is 1. The lowest BCUT2D eigenvalue weighted by atomic mass is 10.2. The molecule has 4 rings (SSSR count). The number of fused-ring (bicyclic) bond motifs is 1. The van der Waals surface area contributed by atoms with Gasteiger partial charge in [-0.05, 0) is 42.3 Å². The number of methoxy groups -OCH3 is 1. The number of hydrogen-bond donors (Lipinski definition) is 1. The van der Waals surface area contributed by atoms with Crippen LogP contribution in [0.25, 0.3) is 17.1 Å². The molecule has 32 heavy (non-hydrogen) atoms. The molecule has 0 aliphatic rings. The zero-order chi connectivity index (χ0) is 22.2. The summed E-state index contributed by atoms with van der Waals surface area (Å²) in [6.45, 7) is 1.33. The van der Waals surface area contributed by atoms with Crippen LogP contribution in [0.15, 0.2) is 84.9 Å². The second-order valence-electron chi connectivity index (χ2n) is 7.53. The third-order valence-electron chi connectivity index (χ3n) is 5.33. The molecule has 4 aromatic rings. The van der Waals surface area contributed by atoms with E-state index in [1.54, 1.807) is 19.2 Å². The topological polar surface area (TPSA) is 56.1 Å². The summed E-state index contributed by atoms with van der Waals surface area (Å²) in [5, 5.41) is 2.99. The highest BCUT2D eigenvalue weighted by molar-refractivity contribution is 5.94. The van der Waals surface area contributed by atoms with Gasteiger partial charge in [-0.1, -0.05) is 60.7 Å². The maximum atomic E-state index is 12.4. The van der Waals surface area contributed by atoms with Gasteiger partial charge in [-0.25, -0.2) is 4.98 Å². The number of carbonyl (C=O) groups is 1. The van der Waals surface area contributed by atoms with Gasteiger partial charge in [0.1, 0.15) is 11.6 Å². The molecule has 0 fully saturated rings. The van der Waals surface area contributed by atoms with Gasteiger partial charge in [0.25, 0.3) is 5.91 Å². The van der Waals surface area contributed by atoms with Crippen LogP contribution in [0.5, 0.6) is 5.75 Å². The molecule has 0 saturated heterocycles. The summed E-state index contributed by atoms with van der Waals surface area (Å²) in [5.41, 5.74) is 3.90. The first kappa shape index (κ1) is 21.4. The zero-order valence-corrected chi connectivity index (χ0v) is 18.2. The zero-order valence-electron chi connectivity index (χ0n) is 18.2. The Kier molecular flexibility index (Phi) is 6.98. The van der Waals surface area contributed by atoms with Crippen molar-refractivity contribution in [1.82, 2.24) is 14.9 Å². The number of nitrogens with zero attached hydrogens (tertiary/aromatic N) is 2. The van der Waals surface area contributed by atoms with E-state index in [-0.39, 0.29) is 5.91 Å². The normalized spacial score (nSPS) is 11.2. The summed E-state index contributed by atoms with van der Waals surface area (Å²) in [7, 11) is 1.60. The Balaban J connectivity index is 1.39. The standard InChI is InChI=1S/C27H27N3O2/c1-32-23-14-7-13-22(20-23)27(31)28-18-8-17-26-29-24-15-5-6-16-25(24)30(26)19-9-12-21-10-3-2-4-11-21/h2-7,9-16,20H,8,17-19H2,1H3,(H,28,31)/b12-9+. The van der Waals surface area contributed by atoms with Crippen LogP contribution in [-0.2, 0) is 13.0 Å². The van der Waals surface area contributed by atoms with Crippen molar-refractivity contribution in [2.45, 2.75) is 19.4 Å². The molecule has 1 aromatic heterocycles. The van der Waals surface area contributed by atoms with Crippen LogP contribution < -0.4 is 10.1 Å². The lowest BCUT2D eigenvalue weighted by Crippen LogP contribution is -2.25. The minimum absolute atomic E-state index is 0.0943. The van der Waals surface area contributed by atoms with Crippen LogP contribution in [0, 0.1) is 0 Å². The van der Waals surface area contributed by atoms with E-state index in [9.17, 15) is 4.79 Å². The molecule has 1 heterocycles. The van der Waals surface area contributed by atoms with Crippen molar-refractivity contribution in [2.75, 3.05) is 13.7 Å². The average Bonchev–Trinajstić information content (AvgIpc) is 3.20. The third kappa shape index (κ3) is 5.24. The van der Waals surface area contributed by atoms with Crippen LogP contribution in [-0.4, -0.2) is 29.1 Å². The summed E-state index contributed by atoms with van der Waals surface area (Å²) >= 11 is 0. The number of allylic oxidation sites excluding steroid dienone is 1. The van der Waals surface area contributed by atoms with Crippen LogP contribution in [0.1, 0.15) is 28.2 Å². The number of amides is 1. The lowest BCUT2D eigenvalue weighted by molar-refractivity contribution is 0.0953. The highest BCUT2D eigenvalue weighted by Crippen LogP contribution is 2.18. The SMILES string of the molecule is COc1cccc(C(=O)NCCCc2nc3ccccc3n2C/C=C/c2ccccc2)c1. The number of aryl methyl sites for hydroxylation is 1. The Morgan fingerprint density at radius 2 is 1.84 bits per heavy atom. The molecule has 1 N–H and O–H groups in total. The molecular weight excluding hydrogens is 398 g/mol. The number of nitrogens with one attached hydrogen (secondary N) is 1. The summed E-state index contributed by atoms with van der Waals surface area (Å²) < 4.78 is 7.44. The number of rotatable bonds is 9. The molecule has 0 aliphatic carbocycles. The van der Waals surface area contributed by atoms with E-state index in [0.717, 1.165) is 36.2 Å². The van der Waals surface area contributed by atoms with Crippen molar-refractivity contribution in [2.24, 2.45) is 0 Å². The van der Waals surface area contributed by atoms with Gasteiger partial charge in [0.15, 0.2) is 0 Å². The molecule has 0 radical (unpaired) electrons. The van der Waals surface area contributed by atoms with E-state index < -0.39 is 0 Å². The van der Waals surface area contributed by atoms with Gasteiger partial charge in [-0.3, -0.25) is 4.79 Å². The average molecular weight is 426 g/mol. The Morgan fingerprint density at radius 1 is 1.03 bits per heavy atom. The molecule has 5 heteroatoms. The second kappa shape index (κ2) is 10.4. The quantitative estimate of drug-likeness (QED) is 0.379. The number of benzene rings is 3. The van der Waals surface area contributed by atoms with Crippen LogP contribution >= 0.6 is 0 Å². The molecule has 0 aliphatic heterocycles. The molecule has 1 amide bonds. The van der Waals surface area contributed by atoms with Crippen LogP contribution in [0.3, 0.4) is 0 Å². The van der Waals surface area contributed by atoms with E-state index in [4.69, 9.17) is 9.72 Å². The first-order chi connectivity index (χ1) is 15.7. The minimum atomic E-state index is -0.0943. The van der Waals surface area contributed by atoms with Gasteiger partial charge in [-0.15, -0.1) is 0 Å². The maximum absolute atomic E-state index is 12.4. The van der Waals surface area contributed by atoms with Crippen molar-refractivity contribution in [3.63, 3.8) is 0 Å². The Bertz CT molecular complexity index is 1210. The Labute approximate surface area is 188 Å². The van der Waals surface area contributed by atoms with Gasteiger partial charge >= 0.3 is 0 Å². The number of carbonyl (C=O) groups excluding carboxylic acids is 1. The summed E-state index contributed by atoms with van der Waals surface area (Å²) in [6, 6.07) is 25.7. The fourth-order valence-corrected chi connectivity index (χ4v) is 3.69. The Morgan fingerprint density at radius 3 is 2.69 bits per heavy atom. The molecule has 3 aromatic carbocycles. The molecule has 0 spiro atoms. The van der Waals surface area contributed by atoms with Crippen LogP contribution in [0.4, 0.5) is 0 Å². The van der Waals surface area contributed by atoms with E-state index in [1.165, 1.54) is 5.56 Å². The monoisotopic (exact) mass is 425 g/mol. The fraction of sp³-hybridized carbons (Fsp3) is 0.185. The van der Waals surface area contributed by atoms with Crippen molar-refractivity contribution in [3.8, 4) is 5.75 Å². The number of hydrogen-bond acceptors (Lipinski definition) is 3. The highest BCUT2D eigenvalue weighted by Gasteiger charge is 2.10. The smallest absolute Gasteiger partial charge is 0.251 e. The van der Waals surface area contributed by atoms with Crippen molar-refractivity contribution in [3.05, 3.63) is 102 Å². The highest BCUT2D eigenvalue weighted by atomic mass is 16.5. The van der Waals surface area contributed by atoms with E-state index in [2.05, 4.69) is 40.2 Å². The number of aromatic nitrogens is 2. The van der Waals surface area contributed by atoms with Gasteiger partial charge < -0.3 is 14.6 Å². The molecule has 162 valence electrons. The molecule has 0 bridgehead atoms.